The molecule has 0 aliphatic heterocycles. The van der Waals surface area contributed by atoms with Crippen molar-refractivity contribution in [3.8, 4) is 0 Å². The molecular weight excluding hydrogens is 179 g/mol. The topological polar surface area (TPSA) is 30.7 Å². The zero-order chi connectivity index (χ0) is 5.28. The van der Waals surface area contributed by atoms with E-state index in [-0.39, 0.29) is 32.7 Å². The Bertz CT molecular complexity index is 144. The van der Waals surface area contributed by atoms with Gasteiger partial charge in [0.2, 0.25) is 0 Å². The second kappa shape index (κ2) is 3.31. The van der Waals surface area contributed by atoms with E-state index < -0.39 is 0 Å². The molecule has 0 N–H and O–H groups in total. The molecule has 0 unspecified atom stereocenters. The molecule has 0 aliphatic rings. The molecule has 3 nitrogen and oxygen atoms in total. The van der Waals surface area contributed by atoms with Crippen molar-refractivity contribution in [2.45, 2.75) is 6.92 Å². The van der Waals surface area contributed by atoms with E-state index in [1.54, 1.807) is 7.05 Å². The third kappa shape index (κ3) is 2.01. The Morgan fingerprint density at radius 3 is 2.38 bits per heavy atom. The van der Waals surface area contributed by atoms with Gasteiger partial charge in [0.1, 0.15) is 0 Å². The first-order valence-corrected chi connectivity index (χ1v) is 2.04. The van der Waals surface area contributed by atoms with Gasteiger partial charge in [-0.15, -0.1) is 5.69 Å². The van der Waals surface area contributed by atoms with Crippen LogP contribution in [0.5, 0.6) is 0 Å². The van der Waals surface area contributed by atoms with Crippen molar-refractivity contribution in [1.82, 2.24) is 15.0 Å². The average molecular weight is 185 g/mol. The fourth-order valence-electron chi connectivity index (χ4n) is 0.407. The molecule has 1 heterocycles. The Balaban J connectivity index is 0.000000490. The molecule has 0 saturated carbocycles. The fraction of sp³-hybridized carbons (Fsp3) is 0.500. The van der Waals surface area contributed by atoms with Gasteiger partial charge < -0.3 is 11.3 Å². The van der Waals surface area contributed by atoms with Gasteiger partial charge in [-0.1, -0.05) is 6.92 Å². The van der Waals surface area contributed by atoms with E-state index in [1.807, 2.05) is 6.92 Å². The number of hydrogen-bond donors (Lipinski definition) is 0. The fourth-order valence-corrected chi connectivity index (χ4v) is 0.407. The summed E-state index contributed by atoms with van der Waals surface area (Å²) in [5.74, 6) is 0. The third-order valence-electron chi connectivity index (χ3n) is 0.651. The predicted molar refractivity (Wildman–Crippen MR) is 24.6 cm³/mol. The molecule has 0 saturated heterocycles. The summed E-state index contributed by atoms with van der Waals surface area (Å²) >= 11 is 0. The van der Waals surface area contributed by atoms with Gasteiger partial charge in [-0.25, -0.2) is 9.90 Å². The monoisotopic (exact) mass is 185 g/mol. The van der Waals surface area contributed by atoms with Gasteiger partial charge in [-0.2, -0.15) is 0 Å². The molecule has 0 amide bonds. The summed E-state index contributed by atoms with van der Waals surface area (Å²) in [6.07, 6.45) is 2.67. The normalized spacial score (nSPS) is 8.25. The zero-order valence-corrected chi connectivity index (χ0v) is 7.76. The summed E-state index contributed by atoms with van der Waals surface area (Å²) in [4.78, 5) is 1.48. The second-order valence-corrected chi connectivity index (χ2v) is 1.39. The van der Waals surface area contributed by atoms with Crippen LogP contribution < -0.4 is 0 Å². The van der Waals surface area contributed by atoms with E-state index in [4.69, 9.17) is 0 Å². The molecule has 8 heavy (non-hydrogen) atoms. The molecule has 1 aromatic rings. The van der Waals surface area contributed by atoms with Crippen LogP contribution in [0.2, 0.25) is 0 Å². The maximum atomic E-state index is 3.86. The summed E-state index contributed by atoms with van der Waals surface area (Å²) in [6, 6.07) is 0. The molecule has 0 aromatic carbocycles. The maximum absolute atomic E-state index is 3.86. The van der Waals surface area contributed by atoms with Gasteiger partial charge in [0.05, 0.1) is 0 Å². The van der Waals surface area contributed by atoms with Gasteiger partial charge in [0, 0.05) is 7.05 Å². The van der Waals surface area contributed by atoms with Gasteiger partial charge in [0.15, 0.2) is 0 Å². The van der Waals surface area contributed by atoms with Crippen molar-refractivity contribution in [3.63, 3.8) is 0 Å². The molecule has 0 spiro atoms. The molecule has 0 radical (unpaired) electrons. The number of aryl methyl sites for hydroxylation is 2. The predicted octanol–water partition coefficient (Wildman–Crippen LogP) is -0.0788. The summed E-state index contributed by atoms with van der Waals surface area (Å²) in [7, 11) is 1.77. The van der Waals surface area contributed by atoms with Gasteiger partial charge in [-0.05, 0) is 0 Å². The average Bonchev–Trinajstić information content (AvgIpc) is 1.87. The minimum absolute atomic E-state index is 0. The number of rotatable bonds is 0. The number of nitrogens with zero attached hydrogens (tertiary/aromatic N) is 3. The van der Waals surface area contributed by atoms with Crippen LogP contribution in [0.15, 0.2) is 0 Å². The molecule has 0 bridgehead atoms. The maximum Gasteiger partial charge on any atom is 3.00 e. The van der Waals surface area contributed by atoms with Crippen LogP contribution in [0, 0.1) is 13.1 Å². The Labute approximate surface area is 73.3 Å². The minimum Gasteiger partial charge on any atom is -0.375 e. The van der Waals surface area contributed by atoms with Gasteiger partial charge >= 0.3 is 32.7 Å². The third-order valence-corrected chi connectivity index (χ3v) is 0.651. The minimum atomic E-state index is 0. The number of aromatic nitrogens is 3. The Hall–Kier alpha value is 0.244. The van der Waals surface area contributed by atoms with Crippen molar-refractivity contribution >= 4 is 0 Å². The summed E-state index contributed by atoms with van der Waals surface area (Å²) in [5, 5.41) is 7.56. The first-order chi connectivity index (χ1) is 3.29. The summed E-state index contributed by atoms with van der Waals surface area (Å²) < 4.78 is 0. The van der Waals surface area contributed by atoms with E-state index >= 15 is 0 Å². The van der Waals surface area contributed by atoms with E-state index in [2.05, 4.69) is 16.4 Å². The van der Waals surface area contributed by atoms with Crippen LogP contribution in [0.3, 0.4) is 0 Å². The van der Waals surface area contributed by atoms with Crippen molar-refractivity contribution in [2.75, 3.05) is 0 Å². The molecule has 1 rings (SSSR count). The van der Waals surface area contributed by atoms with Crippen LogP contribution >= 0.6 is 0 Å². The van der Waals surface area contributed by atoms with E-state index in [9.17, 15) is 0 Å². The second-order valence-electron chi connectivity index (χ2n) is 1.39. The summed E-state index contributed by atoms with van der Waals surface area (Å²) in [6.45, 7) is 1.85. The van der Waals surface area contributed by atoms with E-state index in [1.165, 1.54) is 4.80 Å². The summed E-state index contributed by atoms with van der Waals surface area (Å²) in [5.41, 5.74) is 0.836. The molecule has 1 aromatic heterocycles. The SMILES string of the molecule is Cc1[c-]nn(C)n1.[Y+3]. The van der Waals surface area contributed by atoms with E-state index in [0.717, 1.165) is 5.69 Å². The van der Waals surface area contributed by atoms with Crippen molar-refractivity contribution in [3.05, 3.63) is 11.9 Å². The molecule has 0 atom stereocenters. The Morgan fingerprint density at radius 1 is 1.62 bits per heavy atom. The van der Waals surface area contributed by atoms with Crippen LogP contribution in [-0.2, 0) is 39.8 Å². The van der Waals surface area contributed by atoms with Gasteiger partial charge in [-0.3, -0.25) is 0 Å². The quantitative estimate of drug-likeness (QED) is 0.529. The first-order valence-electron chi connectivity index (χ1n) is 2.04. The molecular formula is C4H6N3Y+2. The first kappa shape index (κ1) is 8.24. The Morgan fingerprint density at radius 2 is 2.25 bits per heavy atom. The van der Waals surface area contributed by atoms with Crippen molar-refractivity contribution in [2.24, 2.45) is 7.05 Å². The van der Waals surface area contributed by atoms with Crippen molar-refractivity contribution < 1.29 is 32.7 Å². The smallest absolute Gasteiger partial charge is 0.375 e. The van der Waals surface area contributed by atoms with Crippen LogP contribution in [0.4, 0.5) is 0 Å². The molecule has 0 aliphatic carbocycles. The van der Waals surface area contributed by atoms with E-state index in [0.29, 0.717) is 0 Å². The standard InChI is InChI=1S/C4H6N3.Y/c1-4-3-5-7(2)6-4;/h1-2H3;/q-1;+3. The Kier molecular flexibility index (Phi) is 3.41. The molecule has 0 fully saturated rings. The van der Waals surface area contributed by atoms with Crippen molar-refractivity contribution in [1.29, 1.82) is 0 Å². The number of hydrogen-bond acceptors (Lipinski definition) is 2. The largest absolute Gasteiger partial charge is 3.00 e. The van der Waals surface area contributed by atoms with Crippen LogP contribution in [0.1, 0.15) is 5.69 Å². The van der Waals surface area contributed by atoms with Crippen LogP contribution in [-0.4, -0.2) is 15.0 Å². The van der Waals surface area contributed by atoms with Crippen LogP contribution in [0.25, 0.3) is 0 Å². The molecule has 38 valence electrons. The molecule has 4 heteroatoms. The zero-order valence-electron chi connectivity index (χ0n) is 4.92. The van der Waals surface area contributed by atoms with Gasteiger partial charge in [0.25, 0.3) is 0 Å².